The quantitative estimate of drug-likeness (QED) is 0.689. The van der Waals surface area contributed by atoms with Crippen LogP contribution in [0.5, 0.6) is 0 Å². The highest BCUT2D eigenvalue weighted by molar-refractivity contribution is 7.89. The Kier molecular flexibility index (Phi) is 7.28. The maximum atomic E-state index is 13.7. The molecule has 0 unspecified atom stereocenters. The third kappa shape index (κ3) is 6.11. The number of hydrogen-bond donors (Lipinski definition) is 2. The molecule has 6 heteroatoms. The molecule has 0 aliphatic heterocycles. The van der Waals surface area contributed by atoms with Gasteiger partial charge in [-0.05, 0) is 24.6 Å². The van der Waals surface area contributed by atoms with Crippen LogP contribution in [0.4, 0.5) is 4.39 Å². The summed E-state index contributed by atoms with van der Waals surface area (Å²) in [5.41, 5.74) is 0.361. The average molecular weight is 316 g/mol. The van der Waals surface area contributed by atoms with Crippen molar-refractivity contribution in [1.29, 1.82) is 0 Å². The van der Waals surface area contributed by atoms with E-state index in [2.05, 4.69) is 17.0 Å². The summed E-state index contributed by atoms with van der Waals surface area (Å²) in [5, 5.41) is 3.09. The van der Waals surface area contributed by atoms with E-state index in [1.807, 2.05) is 13.8 Å². The third-order valence-electron chi connectivity index (χ3n) is 3.10. The number of rotatable bonds is 9. The maximum Gasteiger partial charge on any atom is 0.240 e. The predicted molar refractivity (Wildman–Crippen MR) is 83.1 cm³/mol. The van der Waals surface area contributed by atoms with Gasteiger partial charge in [-0.25, -0.2) is 17.5 Å². The fourth-order valence-electron chi connectivity index (χ4n) is 1.83. The third-order valence-corrected chi connectivity index (χ3v) is 4.56. The fraction of sp³-hybridized carbons (Fsp3) is 0.600. The summed E-state index contributed by atoms with van der Waals surface area (Å²) in [6.07, 6.45) is 2.82. The molecular weight excluding hydrogens is 291 g/mol. The summed E-state index contributed by atoms with van der Waals surface area (Å²) < 4.78 is 40.5. The van der Waals surface area contributed by atoms with E-state index in [0.717, 1.165) is 19.3 Å². The number of hydrogen-bond acceptors (Lipinski definition) is 3. The minimum Gasteiger partial charge on any atom is -0.310 e. The van der Waals surface area contributed by atoms with Gasteiger partial charge in [0.25, 0.3) is 0 Å². The first-order valence-electron chi connectivity index (χ1n) is 7.38. The summed E-state index contributed by atoms with van der Waals surface area (Å²) in [6.45, 7) is 6.68. The van der Waals surface area contributed by atoms with Crippen molar-refractivity contribution in [3.05, 3.63) is 29.6 Å². The molecule has 1 rings (SSSR count). The van der Waals surface area contributed by atoms with Crippen LogP contribution >= 0.6 is 0 Å². The van der Waals surface area contributed by atoms with E-state index in [-0.39, 0.29) is 10.9 Å². The topological polar surface area (TPSA) is 58.2 Å². The van der Waals surface area contributed by atoms with Gasteiger partial charge in [0.15, 0.2) is 0 Å². The molecule has 0 saturated carbocycles. The molecule has 0 aliphatic carbocycles. The largest absolute Gasteiger partial charge is 0.310 e. The molecule has 0 bridgehead atoms. The van der Waals surface area contributed by atoms with Gasteiger partial charge in [0, 0.05) is 24.7 Å². The lowest BCUT2D eigenvalue weighted by Crippen LogP contribution is -2.26. The minimum atomic E-state index is -3.56. The van der Waals surface area contributed by atoms with Crippen LogP contribution in [-0.4, -0.2) is 21.0 Å². The van der Waals surface area contributed by atoms with Crippen molar-refractivity contribution in [1.82, 2.24) is 10.0 Å². The fourth-order valence-corrected chi connectivity index (χ4v) is 2.96. The lowest BCUT2D eigenvalue weighted by Gasteiger charge is -2.11. The lowest BCUT2D eigenvalue weighted by atomic mass is 10.2. The van der Waals surface area contributed by atoms with E-state index in [1.54, 1.807) is 0 Å². The maximum absolute atomic E-state index is 13.7. The second kappa shape index (κ2) is 8.46. The Morgan fingerprint density at radius 3 is 2.57 bits per heavy atom. The minimum absolute atomic E-state index is 0.112. The normalized spacial score (nSPS) is 12.0. The molecule has 1 aromatic carbocycles. The zero-order valence-electron chi connectivity index (χ0n) is 12.9. The summed E-state index contributed by atoms with van der Waals surface area (Å²) in [5.74, 6) is -0.395. The molecule has 2 N–H and O–H groups in total. The van der Waals surface area contributed by atoms with Crippen molar-refractivity contribution >= 4 is 10.0 Å². The molecular formula is C15H25FN2O2S. The zero-order chi connectivity index (χ0) is 15.9. The van der Waals surface area contributed by atoms with Crippen LogP contribution in [0.15, 0.2) is 23.1 Å². The van der Waals surface area contributed by atoms with Gasteiger partial charge >= 0.3 is 0 Å². The molecule has 0 fully saturated rings. The van der Waals surface area contributed by atoms with Crippen LogP contribution < -0.4 is 10.0 Å². The van der Waals surface area contributed by atoms with Crippen LogP contribution in [0.3, 0.4) is 0 Å². The van der Waals surface area contributed by atoms with Crippen molar-refractivity contribution in [3.63, 3.8) is 0 Å². The van der Waals surface area contributed by atoms with E-state index in [4.69, 9.17) is 0 Å². The second-order valence-corrected chi connectivity index (χ2v) is 7.16. The van der Waals surface area contributed by atoms with Crippen molar-refractivity contribution < 1.29 is 12.8 Å². The van der Waals surface area contributed by atoms with E-state index in [9.17, 15) is 12.8 Å². The van der Waals surface area contributed by atoms with Gasteiger partial charge in [0.2, 0.25) is 10.0 Å². The number of benzene rings is 1. The molecule has 0 amide bonds. The molecule has 0 heterocycles. The van der Waals surface area contributed by atoms with E-state index >= 15 is 0 Å². The molecule has 0 spiro atoms. The molecule has 0 aliphatic rings. The monoisotopic (exact) mass is 316 g/mol. The molecule has 4 nitrogen and oxygen atoms in total. The van der Waals surface area contributed by atoms with Gasteiger partial charge in [0.1, 0.15) is 5.82 Å². The molecule has 0 radical (unpaired) electrons. The number of nitrogens with one attached hydrogen (secondary N) is 2. The van der Waals surface area contributed by atoms with Crippen molar-refractivity contribution in [2.45, 2.75) is 57.5 Å². The highest BCUT2D eigenvalue weighted by Gasteiger charge is 2.15. The number of sulfonamides is 1. The van der Waals surface area contributed by atoms with E-state index in [1.165, 1.54) is 18.2 Å². The summed E-state index contributed by atoms with van der Waals surface area (Å²) in [4.78, 5) is 0.112. The Balaban J connectivity index is 2.79. The predicted octanol–water partition coefficient (Wildman–Crippen LogP) is 2.79. The summed E-state index contributed by atoms with van der Waals surface area (Å²) in [6, 6.07) is 4.11. The Morgan fingerprint density at radius 2 is 1.95 bits per heavy atom. The van der Waals surface area contributed by atoms with E-state index < -0.39 is 15.8 Å². The Hall–Kier alpha value is -0.980. The SMILES string of the molecule is CCCCCNS(=O)(=O)c1ccc(F)c(CNC(C)C)c1. The summed E-state index contributed by atoms with van der Waals surface area (Å²) in [7, 11) is -3.56. The molecule has 1 aromatic rings. The zero-order valence-corrected chi connectivity index (χ0v) is 13.8. The van der Waals surface area contributed by atoms with Crippen LogP contribution in [0.25, 0.3) is 0 Å². The van der Waals surface area contributed by atoms with Crippen LogP contribution in [0.2, 0.25) is 0 Å². The first-order chi connectivity index (χ1) is 9.86. The van der Waals surface area contributed by atoms with Crippen LogP contribution in [0, 0.1) is 5.82 Å². The second-order valence-electron chi connectivity index (χ2n) is 5.39. The molecule has 21 heavy (non-hydrogen) atoms. The van der Waals surface area contributed by atoms with Gasteiger partial charge in [-0.3, -0.25) is 0 Å². The Morgan fingerprint density at radius 1 is 1.24 bits per heavy atom. The van der Waals surface area contributed by atoms with Crippen molar-refractivity contribution in [2.75, 3.05) is 6.54 Å². The van der Waals surface area contributed by atoms with Crippen molar-refractivity contribution in [2.24, 2.45) is 0 Å². The Bertz CT molecular complexity index is 545. The summed E-state index contributed by atoms with van der Waals surface area (Å²) >= 11 is 0. The smallest absolute Gasteiger partial charge is 0.240 e. The molecule has 0 aromatic heterocycles. The molecule has 0 atom stereocenters. The van der Waals surface area contributed by atoms with Crippen LogP contribution in [0.1, 0.15) is 45.6 Å². The Labute approximate surface area is 127 Å². The molecule has 120 valence electrons. The average Bonchev–Trinajstić information content (AvgIpc) is 2.42. The first-order valence-corrected chi connectivity index (χ1v) is 8.86. The van der Waals surface area contributed by atoms with Gasteiger partial charge in [-0.1, -0.05) is 33.6 Å². The van der Waals surface area contributed by atoms with Crippen LogP contribution in [-0.2, 0) is 16.6 Å². The lowest BCUT2D eigenvalue weighted by molar-refractivity contribution is 0.550. The number of halogens is 1. The van der Waals surface area contributed by atoms with Gasteiger partial charge < -0.3 is 5.32 Å². The van der Waals surface area contributed by atoms with Crippen molar-refractivity contribution in [3.8, 4) is 0 Å². The van der Waals surface area contributed by atoms with Gasteiger partial charge in [0.05, 0.1) is 4.90 Å². The highest BCUT2D eigenvalue weighted by Crippen LogP contribution is 2.15. The molecule has 0 saturated heterocycles. The number of unbranched alkanes of at least 4 members (excludes halogenated alkanes) is 2. The van der Waals surface area contributed by atoms with Gasteiger partial charge in [-0.15, -0.1) is 0 Å². The first kappa shape index (κ1) is 18.1. The van der Waals surface area contributed by atoms with Gasteiger partial charge in [-0.2, -0.15) is 0 Å². The standard InChI is InChI=1S/C15H25FN2O2S/c1-4-5-6-9-18-21(19,20)14-7-8-15(16)13(10-14)11-17-12(2)3/h7-8,10,12,17-18H,4-6,9,11H2,1-3H3. The highest BCUT2D eigenvalue weighted by atomic mass is 32.2. The van der Waals surface area contributed by atoms with E-state index in [0.29, 0.717) is 18.7 Å².